The smallest absolute Gasteiger partial charge is 0.0443 e. The topological polar surface area (TPSA) is 32.3 Å². The summed E-state index contributed by atoms with van der Waals surface area (Å²) in [5.41, 5.74) is 0. The van der Waals surface area contributed by atoms with E-state index in [1.54, 1.807) is 0 Å². The van der Waals surface area contributed by atoms with Gasteiger partial charge in [-0.1, -0.05) is 13.8 Å². The summed E-state index contributed by atoms with van der Waals surface area (Å²) in [7, 11) is 0. The Bertz CT molecular complexity index is 138. The SMILES string of the molecule is C[C@@H]1CC[C@H](NCCCO)C[C@@H]1C. The molecule has 0 aromatic carbocycles. The zero-order valence-electron chi connectivity index (χ0n) is 8.92. The summed E-state index contributed by atoms with van der Waals surface area (Å²) in [4.78, 5) is 0. The van der Waals surface area contributed by atoms with Crippen LogP contribution >= 0.6 is 0 Å². The average molecular weight is 185 g/mol. The second-order valence-electron chi connectivity index (χ2n) is 4.50. The Morgan fingerprint density at radius 1 is 1.23 bits per heavy atom. The van der Waals surface area contributed by atoms with Gasteiger partial charge in [0.2, 0.25) is 0 Å². The van der Waals surface area contributed by atoms with Crippen molar-refractivity contribution in [3.63, 3.8) is 0 Å². The Kier molecular flexibility index (Phi) is 4.74. The first-order valence-electron chi connectivity index (χ1n) is 5.58. The minimum Gasteiger partial charge on any atom is -0.396 e. The zero-order valence-corrected chi connectivity index (χ0v) is 8.92. The second kappa shape index (κ2) is 5.61. The number of hydrogen-bond donors (Lipinski definition) is 2. The quantitative estimate of drug-likeness (QED) is 0.654. The highest BCUT2D eigenvalue weighted by Gasteiger charge is 2.23. The number of rotatable bonds is 4. The van der Waals surface area contributed by atoms with Crippen LogP contribution in [0.15, 0.2) is 0 Å². The average Bonchev–Trinajstić information content (AvgIpc) is 2.12. The molecular formula is C11H23NO. The van der Waals surface area contributed by atoms with Crippen LogP contribution in [0, 0.1) is 11.8 Å². The highest BCUT2D eigenvalue weighted by molar-refractivity contribution is 4.79. The van der Waals surface area contributed by atoms with E-state index in [1.165, 1.54) is 19.3 Å². The van der Waals surface area contributed by atoms with Crippen LogP contribution in [0.5, 0.6) is 0 Å². The Hall–Kier alpha value is -0.0800. The maximum Gasteiger partial charge on any atom is 0.0443 e. The van der Waals surface area contributed by atoms with E-state index in [1.807, 2.05) is 0 Å². The lowest BCUT2D eigenvalue weighted by Crippen LogP contribution is -2.36. The zero-order chi connectivity index (χ0) is 9.68. The summed E-state index contributed by atoms with van der Waals surface area (Å²) in [5, 5.41) is 12.2. The summed E-state index contributed by atoms with van der Waals surface area (Å²) in [5.74, 6) is 1.76. The minimum atomic E-state index is 0.311. The fraction of sp³-hybridized carbons (Fsp3) is 1.00. The van der Waals surface area contributed by atoms with Crippen LogP contribution in [0.3, 0.4) is 0 Å². The van der Waals surface area contributed by atoms with Gasteiger partial charge in [0, 0.05) is 12.6 Å². The van der Waals surface area contributed by atoms with Crippen LogP contribution in [0.2, 0.25) is 0 Å². The molecule has 78 valence electrons. The van der Waals surface area contributed by atoms with Crippen molar-refractivity contribution in [1.29, 1.82) is 0 Å². The number of aliphatic hydroxyl groups excluding tert-OH is 1. The van der Waals surface area contributed by atoms with Crippen LogP contribution in [-0.4, -0.2) is 24.3 Å². The first kappa shape index (κ1) is 11.0. The fourth-order valence-electron chi connectivity index (χ4n) is 2.12. The Morgan fingerprint density at radius 2 is 2.00 bits per heavy atom. The number of aliphatic hydroxyl groups is 1. The van der Waals surface area contributed by atoms with Crippen molar-refractivity contribution in [2.24, 2.45) is 11.8 Å². The molecule has 1 fully saturated rings. The molecule has 0 bridgehead atoms. The summed E-state index contributed by atoms with van der Waals surface area (Å²) >= 11 is 0. The van der Waals surface area contributed by atoms with Gasteiger partial charge in [0.15, 0.2) is 0 Å². The van der Waals surface area contributed by atoms with Gasteiger partial charge in [-0.3, -0.25) is 0 Å². The van der Waals surface area contributed by atoms with Crippen molar-refractivity contribution in [3.05, 3.63) is 0 Å². The van der Waals surface area contributed by atoms with Crippen molar-refractivity contribution < 1.29 is 5.11 Å². The third-order valence-corrected chi connectivity index (χ3v) is 3.37. The molecule has 0 radical (unpaired) electrons. The summed E-state index contributed by atoms with van der Waals surface area (Å²) < 4.78 is 0. The van der Waals surface area contributed by atoms with E-state index in [2.05, 4.69) is 19.2 Å². The maximum absolute atomic E-state index is 8.65. The highest BCUT2D eigenvalue weighted by Crippen LogP contribution is 2.29. The third-order valence-electron chi connectivity index (χ3n) is 3.37. The molecule has 0 unspecified atom stereocenters. The standard InChI is InChI=1S/C11H23NO/c1-9-4-5-11(8-10(9)2)12-6-3-7-13/h9-13H,3-8H2,1-2H3/t9-,10+,11+/m1/s1. The van der Waals surface area contributed by atoms with Crippen molar-refractivity contribution >= 4 is 0 Å². The minimum absolute atomic E-state index is 0.311. The van der Waals surface area contributed by atoms with E-state index in [0.29, 0.717) is 12.6 Å². The lowest BCUT2D eigenvalue weighted by atomic mass is 9.79. The molecule has 0 saturated heterocycles. The fourth-order valence-corrected chi connectivity index (χ4v) is 2.12. The van der Waals surface area contributed by atoms with Gasteiger partial charge in [0.05, 0.1) is 0 Å². The van der Waals surface area contributed by atoms with Gasteiger partial charge in [-0.05, 0) is 44.1 Å². The monoisotopic (exact) mass is 185 g/mol. The van der Waals surface area contributed by atoms with Crippen molar-refractivity contribution in [3.8, 4) is 0 Å². The van der Waals surface area contributed by atoms with E-state index in [0.717, 1.165) is 24.8 Å². The molecule has 1 saturated carbocycles. The molecule has 0 aliphatic heterocycles. The lowest BCUT2D eigenvalue weighted by Gasteiger charge is -2.32. The van der Waals surface area contributed by atoms with Crippen LogP contribution in [0.1, 0.15) is 39.5 Å². The Morgan fingerprint density at radius 3 is 2.62 bits per heavy atom. The largest absolute Gasteiger partial charge is 0.396 e. The van der Waals surface area contributed by atoms with E-state index in [4.69, 9.17) is 5.11 Å². The van der Waals surface area contributed by atoms with Gasteiger partial charge in [-0.2, -0.15) is 0 Å². The van der Waals surface area contributed by atoms with Crippen molar-refractivity contribution in [2.75, 3.05) is 13.2 Å². The van der Waals surface area contributed by atoms with E-state index in [-0.39, 0.29) is 0 Å². The predicted octanol–water partition coefficient (Wildman–Crippen LogP) is 1.78. The molecule has 1 rings (SSSR count). The molecule has 0 amide bonds. The van der Waals surface area contributed by atoms with Gasteiger partial charge in [0.25, 0.3) is 0 Å². The molecule has 13 heavy (non-hydrogen) atoms. The van der Waals surface area contributed by atoms with Gasteiger partial charge >= 0.3 is 0 Å². The van der Waals surface area contributed by atoms with Crippen LogP contribution in [-0.2, 0) is 0 Å². The van der Waals surface area contributed by atoms with Crippen LogP contribution in [0.4, 0.5) is 0 Å². The predicted molar refractivity (Wildman–Crippen MR) is 55.7 cm³/mol. The summed E-state index contributed by atoms with van der Waals surface area (Å²) in [6.07, 6.45) is 4.88. The highest BCUT2D eigenvalue weighted by atomic mass is 16.3. The van der Waals surface area contributed by atoms with Crippen LogP contribution in [0.25, 0.3) is 0 Å². The van der Waals surface area contributed by atoms with Crippen LogP contribution < -0.4 is 5.32 Å². The molecule has 1 aliphatic carbocycles. The molecule has 0 aromatic heterocycles. The van der Waals surface area contributed by atoms with Crippen molar-refractivity contribution in [1.82, 2.24) is 5.32 Å². The van der Waals surface area contributed by atoms with Crippen molar-refractivity contribution in [2.45, 2.75) is 45.6 Å². The third kappa shape index (κ3) is 3.65. The Balaban J connectivity index is 2.14. The molecule has 2 N–H and O–H groups in total. The first-order valence-corrected chi connectivity index (χ1v) is 5.58. The molecular weight excluding hydrogens is 162 g/mol. The van der Waals surface area contributed by atoms with Gasteiger partial charge in [-0.15, -0.1) is 0 Å². The molecule has 0 spiro atoms. The molecule has 2 nitrogen and oxygen atoms in total. The lowest BCUT2D eigenvalue weighted by molar-refractivity contribution is 0.220. The summed E-state index contributed by atoms with van der Waals surface area (Å²) in [6, 6.07) is 0.706. The Labute approximate surface area is 81.7 Å². The van der Waals surface area contributed by atoms with Gasteiger partial charge in [-0.25, -0.2) is 0 Å². The molecule has 1 aliphatic rings. The van der Waals surface area contributed by atoms with E-state index < -0.39 is 0 Å². The number of hydrogen-bond acceptors (Lipinski definition) is 2. The second-order valence-corrected chi connectivity index (χ2v) is 4.50. The molecule has 0 heterocycles. The molecule has 3 atom stereocenters. The normalized spacial score (nSPS) is 34.8. The first-order chi connectivity index (χ1) is 6.24. The van der Waals surface area contributed by atoms with E-state index >= 15 is 0 Å². The van der Waals surface area contributed by atoms with E-state index in [9.17, 15) is 0 Å². The summed E-state index contributed by atoms with van der Waals surface area (Å²) in [6.45, 7) is 5.99. The maximum atomic E-state index is 8.65. The number of nitrogens with one attached hydrogen (secondary N) is 1. The van der Waals surface area contributed by atoms with Gasteiger partial charge in [0.1, 0.15) is 0 Å². The molecule has 0 aromatic rings. The van der Waals surface area contributed by atoms with Gasteiger partial charge < -0.3 is 10.4 Å². The molecule has 2 heteroatoms.